The average Bonchev–Trinajstić information content (AvgIpc) is 2.97. The predicted molar refractivity (Wildman–Crippen MR) is 156 cm³/mol. The lowest BCUT2D eigenvalue weighted by molar-refractivity contribution is -0.113. The number of anilines is 1. The molecule has 6 nitrogen and oxygen atoms in total. The van der Waals surface area contributed by atoms with Crippen LogP contribution in [0.25, 0.3) is 6.08 Å². The summed E-state index contributed by atoms with van der Waals surface area (Å²) in [7, 11) is 1.54. The maximum absolute atomic E-state index is 13.2. The first kappa shape index (κ1) is 27.7. The van der Waals surface area contributed by atoms with Gasteiger partial charge in [-0.05, 0) is 72.3 Å². The van der Waals surface area contributed by atoms with Crippen LogP contribution in [0.4, 0.5) is 5.69 Å². The fourth-order valence-electron chi connectivity index (χ4n) is 3.60. The first-order valence-corrected chi connectivity index (χ1v) is 13.3. The standard InChI is InChI=1S/C31H25ClN2O4S/c1-38-29-10-6-5-9-26(29)28(35)20-39-25-17-15-24(16-18-25)33-31(37)27(19-21-11-13-23(32)14-12-21)34-30(36)22-7-3-2-4-8-22/h2-19H,20H2,1H3,(H,33,37)(H,34,36)/b27-19-. The number of amides is 2. The second kappa shape index (κ2) is 13.5. The highest BCUT2D eigenvalue weighted by atomic mass is 35.5. The summed E-state index contributed by atoms with van der Waals surface area (Å²) in [5.41, 5.74) is 2.28. The molecule has 2 amide bonds. The zero-order valence-electron chi connectivity index (χ0n) is 21.0. The summed E-state index contributed by atoms with van der Waals surface area (Å²) in [6.07, 6.45) is 1.58. The zero-order valence-corrected chi connectivity index (χ0v) is 22.6. The number of hydrogen-bond donors (Lipinski definition) is 2. The molecule has 0 aliphatic heterocycles. The minimum atomic E-state index is -0.485. The number of carbonyl (C=O) groups is 3. The van der Waals surface area contributed by atoms with Gasteiger partial charge in [-0.2, -0.15) is 0 Å². The molecule has 0 aliphatic carbocycles. The highest BCUT2D eigenvalue weighted by Gasteiger charge is 2.16. The second-order valence-electron chi connectivity index (χ2n) is 8.32. The Morgan fingerprint density at radius 3 is 2.21 bits per heavy atom. The van der Waals surface area contributed by atoms with Gasteiger partial charge in [-0.25, -0.2) is 0 Å². The molecule has 0 aliphatic rings. The summed E-state index contributed by atoms with van der Waals surface area (Å²) in [4.78, 5) is 39.5. The highest BCUT2D eigenvalue weighted by molar-refractivity contribution is 8.00. The number of ketones is 1. The van der Waals surface area contributed by atoms with Gasteiger partial charge in [-0.1, -0.05) is 54.1 Å². The van der Waals surface area contributed by atoms with Crippen molar-refractivity contribution in [1.29, 1.82) is 0 Å². The number of hydrogen-bond acceptors (Lipinski definition) is 5. The van der Waals surface area contributed by atoms with E-state index in [1.807, 2.05) is 24.3 Å². The topological polar surface area (TPSA) is 84.5 Å². The minimum absolute atomic E-state index is 0.0408. The lowest BCUT2D eigenvalue weighted by atomic mass is 10.1. The van der Waals surface area contributed by atoms with Crippen molar-refractivity contribution in [3.05, 3.63) is 131 Å². The van der Waals surface area contributed by atoms with Crippen LogP contribution in [0, 0.1) is 0 Å². The van der Waals surface area contributed by atoms with E-state index in [9.17, 15) is 14.4 Å². The lowest BCUT2D eigenvalue weighted by Crippen LogP contribution is -2.30. The number of Topliss-reactive ketones (excluding diaryl/α,β-unsaturated/α-hetero) is 1. The molecule has 0 aromatic heterocycles. The van der Waals surface area contributed by atoms with Gasteiger partial charge in [0.15, 0.2) is 5.78 Å². The number of methoxy groups -OCH3 is 1. The highest BCUT2D eigenvalue weighted by Crippen LogP contribution is 2.25. The minimum Gasteiger partial charge on any atom is -0.496 e. The smallest absolute Gasteiger partial charge is 0.272 e. The van der Waals surface area contributed by atoms with Crippen LogP contribution < -0.4 is 15.4 Å². The van der Waals surface area contributed by atoms with E-state index in [0.717, 1.165) is 4.90 Å². The Labute approximate surface area is 236 Å². The molecule has 0 bridgehead atoms. The van der Waals surface area contributed by atoms with Crippen LogP contribution >= 0.6 is 23.4 Å². The van der Waals surface area contributed by atoms with E-state index in [2.05, 4.69) is 10.6 Å². The summed E-state index contributed by atoms with van der Waals surface area (Å²) < 4.78 is 5.28. The number of thioether (sulfide) groups is 1. The van der Waals surface area contributed by atoms with Crippen molar-refractivity contribution < 1.29 is 19.1 Å². The van der Waals surface area contributed by atoms with Crippen LogP contribution in [0.3, 0.4) is 0 Å². The molecule has 0 spiro atoms. The molecule has 0 radical (unpaired) electrons. The lowest BCUT2D eigenvalue weighted by Gasteiger charge is -2.12. The molecule has 0 unspecified atom stereocenters. The summed E-state index contributed by atoms with van der Waals surface area (Å²) >= 11 is 7.37. The van der Waals surface area contributed by atoms with Crippen LogP contribution in [-0.4, -0.2) is 30.5 Å². The largest absolute Gasteiger partial charge is 0.496 e. The van der Waals surface area contributed by atoms with E-state index in [-0.39, 0.29) is 17.2 Å². The SMILES string of the molecule is COc1ccccc1C(=O)CSc1ccc(NC(=O)/C(=C/c2ccc(Cl)cc2)NC(=O)c2ccccc2)cc1. The van der Waals surface area contributed by atoms with E-state index in [1.165, 1.54) is 18.9 Å². The monoisotopic (exact) mass is 556 g/mol. The van der Waals surface area contributed by atoms with Crippen molar-refractivity contribution in [3.8, 4) is 5.75 Å². The molecule has 4 aromatic carbocycles. The number of ether oxygens (including phenoxy) is 1. The Balaban J connectivity index is 1.44. The molecular weight excluding hydrogens is 532 g/mol. The Morgan fingerprint density at radius 2 is 1.51 bits per heavy atom. The van der Waals surface area contributed by atoms with E-state index in [4.69, 9.17) is 16.3 Å². The summed E-state index contributed by atoms with van der Waals surface area (Å²) in [5.74, 6) is -0.145. The van der Waals surface area contributed by atoms with Gasteiger partial charge in [0, 0.05) is 21.2 Å². The fourth-order valence-corrected chi connectivity index (χ4v) is 4.51. The maximum atomic E-state index is 13.2. The normalized spacial score (nSPS) is 11.0. The Morgan fingerprint density at radius 1 is 0.846 bits per heavy atom. The molecule has 0 fully saturated rings. The molecule has 2 N–H and O–H groups in total. The molecule has 0 saturated carbocycles. The van der Waals surface area contributed by atoms with E-state index in [1.54, 1.807) is 84.9 Å². The predicted octanol–water partition coefficient (Wildman–Crippen LogP) is 6.73. The molecular formula is C31H25ClN2O4S. The van der Waals surface area contributed by atoms with Gasteiger partial charge in [-0.3, -0.25) is 14.4 Å². The third-order valence-electron chi connectivity index (χ3n) is 5.60. The summed E-state index contributed by atoms with van der Waals surface area (Å²) in [6.45, 7) is 0. The maximum Gasteiger partial charge on any atom is 0.272 e. The fraction of sp³-hybridized carbons (Fsp3) is 0.0645. The first-order chi connectivity index (χ1) is 18.9. The number of para-hydroxylation sites is 1. The van der Waals surface area contributed by atoms with Crippen LogP contribution in [0.5, 0.6) is 5.75 Å². The molecule has 0 heterocycles. The van der Waals surface area contributed by atoms with Crippen LogP contribution in [0.1, 0.15) is 26.3 Å². The Kier molecular flexibility index (Phi) is 9.56. The molecule has 0 atom stereocenters. The van der Waals surface area contributed by atoms with Crippen molar-refractivity contribution in [3.63, 3.8) is 0 Å². The van der Waals surface area contributed by atoms with Gasteiger partial charge in [0.05, 0.1) is 18.4 Å². The van der Waals surface area contributed by atoms with Crippen LogP contribution in [0.15, 0.2) is 114 Å². The van der Waals surface area contributed by atoms with Gasteiger partial charge >= 0.3 is 0 Å². The second-order valence-corrected chi connectivity index (χ2v) is 9.81. The van der Waals surface area contributed by atoms with Crippen LogP contribution in [0.2, 0.25) is 5.02 Å². The van der Waals surface area contributed by atoms with Gasteiger partial charge in [-0.15, -0.1) is 11.8 Å². The van der Waals surface area contributed by atoms with Crippen molar-refractivity contribution in [2.75, 3.05) is 18.2 Å². The number of benzene rings is 4. The van der Waals surface area contributed by atoms with Gasteiger partial charge in [0.2, 0.25) is 0 Å². The molecule has 196 valence electrons. The molecule has 0 saturated heterocycles. The quantitative estimate of drug-likeness (QED) is 0.128. The molecule has 4 aromatic rings. The number of halogens is 1. The third-order valence-corrected chi connectivity index (χ3v) is 6.86. The first-order valence-electron chi connectivity index (χ1n) is 12.0. The van der Waals surface area contributed by atoms with Gasteiger partial charge in [0.1, 0.15) is 11.4 Å². The zero-order chi connectivity index (χ0) is 27.6. The number of nitrogens with one attached hydrogen (secondary N) is 2. The van der Waals surface area contributed by atoms with E-state index in [0.29, 0.717) is 33.1 Å². The third kappa shape index (κ3) is 7.83. The van der Waals surface area contributed by atoms with Gasteiger partial charge < -0.3 is 15.4 Å². The summed E-state index contributed by atoms with van der Waals surface area (Å²) in [6, 6.07) is 29.8. The van der Waals surface area contributed by atoms with E-state index < -0.39 is 11.8 Å². The summed E-state index contributed by atoms with van der Waals surface area (Å²) in [5, 5.41) is 6.10. The number of rotatable bonds is 10. The average molecular weight is 557 g/mol. The van der Waals surface area contributed by atoms with Crippen molar-refractivity contribution in [1.82, 2.24) is 5.32 Å². The Hall–Kier alpha value is -4.33. The molecule has 4 rings (SSSR count). The number of carbonyl (C=O) groups excluding carboxylic acids is 3. The Bertz CT molecular complexity index is 1490. The molecule has 39 heavy (non-hydrogen) atoms. The van der Waals surface area contributed by atoms with Crippen molar-refractivity contribution >= 4 is 52.7 Å². The van der Waals surface area contributed by atoms with E-state index >= 15 is 0 Å². The van der Waals surface area contributed by atoms with Gasteiger partial charge in [0.25, 0.3) is 11.8 Å². The van der Waals surface area contributed by atoms with Crippen LogP contribution in [-0.2, 0) is 4.79 Å². The van der Waals surface area contributed by atoms with Crippen molar-refractivity contribution in [2.45, 2.75) is 4.90 Å². The molecule has 8 heteroatoms. The van der Waals surface area contributed by atoms with Crippen molar-refractivity contribution in [2.24, 2.45) is 0 Å².